The molecular weight excluding hydrogens is 406 g/mol. The van der Waals surface area contributed by atoms with E-state index in [2.05, 4.69) is 21.6 Å². The number of amides is 2. The minimum absolute atomic E-state index is 0.560. The van der Waals surface area contributed by atoms with Gasteiger partial charge in [-0.3, -0.25) is 0 Å². The van der Waals surface area contributed by atoms with Gasteiger partial charge in [-0.1, -0.05) is 12.1 Å². The number of para-hydroxylation sites is 2. The van der Waals surface area contributed by atoms with Gasteiger partial charge in [-0.05, 0) is 32.2 Å². The number of nitrogens with zero attached hydrogens (tertiary/aromatic N) is 4. The zero-order valence-electron chi connectivity index (χ0n) is 16.8. The zero-order chi connectivity index (χ0) is 21.3. The van der Waals surface area contributed by atoms with Crippen molar-refractivity contribution in [2.75, 3.05) is 44.9 Å². The molecule has 0 radical (unpaired) electrons. The number of benzene rings is 1. The van der Waals surface area contributed by atoms with Crippen LogP contribution in [0.3, 0.4) is 0 Å². The van der Waals surface area contributed by atoms with Gasteiger partial charge in [0.05, 0.1) is 16.6 Å². The van der Waals surface area contributed by atoms with Crippen LogP contribution in [-0.4, -0.2) is 62.0 Å². The van der Waals surface area contributed by atoms with Gasteiger partial charge in [0.2, 0.25) is 6.79 Å². The molecule has 0 unspecified atom stereocenters. The van der Waals surface area contributed by atoms with Gasteiger partial charge in [-0.15, -0.1) is 11.3 Å². The van der Waals surface area contributed by atoms with E-state index in [4.69, 9.17) is 15.5 Å². The molecule has 0 spiro atoms. The van der Waals surface area contributed by atoms with Crippen molar-refractivity contribution < 1.29 is 19.1 Å². The third kappa shape index (κ3) is 3.96. The maximum atomic E-state index is 13.2. The quantitative estimate of drug-likeness (QED) is 0.739. The number of likely N-dealkylation sites (N-methyl/N-ethyl adjacent to an activating group) is 1. The standard InChI is InChI=1S/C20H23N5O4S/c1-13-11-14-17(30-13)22-15-5-3-4-6-16(15)25(20(27)29-12-28-19(21)26)18(14)24-9-7-23(2)8-10-24/h3-6,11H,7-10,12H2,1-2H3,(H2,21,26). The van der Waals surface area contributed by atoms with E-state index in [0.717, 1.165) is 46.8 Å². The van der Waals surface area contributed by atoms with Crippen molar-refractivity contribution in [1.29, 1.82) is 0 Å². The van der Waals surface area contributed by atoms with Crippen LogP contribution in [-0.2, 0) is 9.47 Å². The summed E-state index contributed by atoms with van der Waals surface area (Å²) in [6.07, 6.45) is -1.67. The third-order valence-corrected chi connectivity index (χ3v) is 5.95. The van der Waals surface area contributed by atoms with E-state index in [1.165, 1.54) is 4.90 Å². The Bertz CT molecular complexity index is 1090. The van der Waals surface area contributed by atoms with Gasteiger partial charge in [0.1, 0.15) is 10.5 Å². The maximum Gasteiger partial charge on any atom is 0.423 e. The van der Waals surface area contributed by atoms with E-state index < -0.39 is 19.0 Å². The summed E-state index contributed by atoms with van der Waals surface area (Å²) in [4.78, 5) is 36.0. The Hall–Kier alpha value is -3.11. The first-order valence-electron chi connectivity index (χ1n) is 9.55. The molecule has 1 fully saturated rings. The fourth-order valence-corrected chi connectivity index (χ4v) is 4.44. The first kappa shape index (κ1) is 20.2. The number of carbonyl (C=O) groups excluding carboxylic acids is 2. The molecule has 1 saturated heterocycles. The number of ether oxygens (including phenoxy) is 2. The van der Waals surface area contributed by atoms with Crippen LogP contribution >= 0.6 is 11.3 Å². The smallest absolute Gasteiger partial charge is 0.412 e. The number of carbonyl (C=O) groups is 2. The van der Waals surface area contributed by atoms with E-state index in [1.807, 2.05) is 37.3 Å². The van der Waals surface area contributed by atoms with E-state index in [1.54, 1.807) is 11.3 Å². The summed E-state index contributed by atoms with van der Waals surface area (Å²) < 4.78 is 10.7. The molecule has 2 aromatic rings. The van der Waals surface area contributed by atoms with Crippen molar-refractivity contribution >= 4 is 40.7 Å². The van der Waals surface area contributed by atoms with Crippen molar-refractivity contribution in [3.63, 3.8) is 0 Å². The highest BCUT2D eigenvalue weighted by atomic mass is 32.1. The second-order valence-corrected chi connectivity index (χ2v) is 8.35. The first-order valence-corrected chi connectivity index (χ1v) is 10.4. The number of hydrogen-bond acceptors (Lipinski definition) is 8. The number of aryl methyl sites for hydroxylation is 1. The van der Waals surface area contributed by atoms with Gasteiger partial charge in [0, 0.05) is 31.1 Å². The van der Waals surface area contributed by atoms with Crippen LogP contribution in [0.25, 0.3) is 5.82 Å². The van der Waals surface area contributed by atoms with Gasteiger partial charge in [-0.25, -0.2) is 19.5 Å². The summed E-state index contributed by atoms with van der Waals surface area (Å²) in [5.41, 5.74) is 6.26. The Morgan fingerprint density at radius 3 is 2.63 bits per heavy atom. The fraction of sp³-hybridized carbons (Fsp3) is 0.350. The largest absolute Gasteiger partial charge is 0.423 e. The molecule has 1 aromatic heterocycles. The number of rotatable bonds is 3. The number of piperazine rings is 1. The summed E-state index contributed by atoms with van der Waals surface area (Å²) in [5, 5.41) is 0.881. The summed E-state index contributed by atoms with van der Waals surface area (Å²) in [5.74, 6) is 0.722. The zero-order valence-corrected chi connectivity index (χ0v) is 17.6. The Morgan fingerprint density at radius 2 is 1.90 bits per heavy atom. The lowest BCUT2D eigenvalue weighted by Crippen LogP contribution is -2.51. The average molecular weight is 430 g/mol. The molecule has 1 aromatic carbocycles. The Balaban J connectivity index is 1.85. The van der Waals surface area contributed by atoms with Crippen LogP contribution in [0.2, 0.25) is 0 Å². The van der Waals surface area contributed by atoms with Gasteiger partial charge in [0.15, 0.2) is 0 Å². The van der Waals surface area contributed by atoms with Crippen LogP contribution in [0.4, 0.5) is 21.0 Å². The van der Waals surface area contributed by atoms with Gasteiger partial charge < -0.3 is 25.0 Å². The van der Waals surface area contributed by atoms with E-state index in [0.29, 0.717) is 11.4 Å². The van der Waals surface area contributed by atoms with E-state index in [-0.39, 0.29) is 0 Å². The molecule has 2 aliphatic rings. The molecule has 0 atom stereocenters. The number of thiophene rings is 1. The lowest BCUT2D eigenvalue weighted by molar-refractivity contribution is 0.0322. The Kier molecular flexibility index (Phi) is 5.60. The van der Waals surface area contributed by atoms with Gasteiger partial charge >= 0.3 is 12.2 Å². The second-order valence-electron chi connectivity index (χ2n) is 7.12. The monoisotopic (exact) mass is 429 g/mol. The molecule has 4 rings (SSSR count). The number of anilines is 1. The molecule has 158 valence electrons. The highest BCUT2D eigenvalue weighted by Crippen LogP contribution is 2.34. The molecule has 2 N–H and O–H groups in total. The van der Waals surface area contributed by atoms with Crippen LogP contribution in [0, 0.1) is 6.92 Å². The van der Waals surface area contributed by atoms with Crippen molar-refractivity contribution in [2.24, 2.45) is 10.7 Å². The summed E-state index contributed by atoms with van der Waals surface area (Å²) in [7, 11) is 2.08. The fourth-order valence-electron chi connectivity index (χ4n) is 3.55. The van der Waals surface area contributed by atoms with Crippen LogP contribution < -0.4 is 20.5 Å². The number of hydrogen-bond donors (Lipinski definition) is 1. The summed E-state index contributed by atoms with van der Waals surface area (Å²) in [6, 6.07) is 9.46. The molecule has 0 saturated carbocycles. The molecule has 0 aliphatic carbocycles. The van der Waals surface area contributed by atoms with Gasteiger partial charge in [0.25, 0.3) is 0 Å². The summed E-state index contributed by atoms with van der Waals surface area (Å²) >= 11 is 1.58. The molecule has 0 bridgehead atoms. The van der Waals surface area contributed by atoms with Crippen LogP contribution in [0.15, 0.2) is 35.3 Å². The van der Waals surface area contributed by atoms with Crippen LogP contribution in [0.5, 0.6) is 0 Å². The highest BCUT2D eigenvalue weighted by molar-refractivity contribution is 7.09. The number of nitrogens with two attached hydrogens (primary N) is 1. The van der Waals surface area contributed by atoms with Crippen molar-refractivity contribution in [2.45, 2.75) is 6.92 Å². The SMILES string of the molecule is Cc1cc2c(s1)=Nc1ccccc1N(C(=O)OCOC(N)=O)C=2N1CCN(C)CC1. The lowest BCUT2D eigenvalue weighted by Gasteiger charge is -2.38. The first-order chi connectivity index (χ1) is 14.4. The Morgan fingerprint density at radius 1 is 1.17 bits per heavy atom. The predicted octanol–water partition coefficient (Wildman–Crippen LogP) is 1.33. The molecule has 2 amide bonds. The molecule has 30 heavy (non-hydrogen) atoms. The number of primary amides is 1. The predicted molar refractivity (Wildman–Crippen MR) is 113 cm³/mol. The normalized spacial score (nSPS) is 16.3. The molecular formula is C20H23N5O4S. The molecule has 2 aliphatic heterocycles. The van der Waals surface area contributed by atoms with E-state index in [9.17, 15) is 9.59 Å². The topological polar surface area (TPSA) is 101 Å². The number of fused-ring (bicyclic) bond motifs is 2. The van der Waals surface area contributed by atoms with Crippen LogP contribution in [0.1, 0.15) is 4.88 Å². The van der Waals surface area contributed by atoms with Gasteiger partial charge in [-0.2, -0.15) is 0 Å². The highest BCUT2D eigenvalue weighted by Gasteiger charge is 2.32. The minimum Gasteiger partial charge on any atom is -0.412 e. The Labute approximate surface area is 177 Å². The molecule has 3 heterocycles. The second kappa shape index (κ2) is 8.33. The minimum atomic E-state index is -1.01. The third-order valence-electron chi connectivity index (χ3n) is 5.00. The summed E-state index contributed by atoms with van der Waals surface area (Å²) in [6.45, 7) is 4.71. The van der Waals surface area contributed by atoms with Crippen molar-refractivity contribution in [3.8, 4) is 0 Å². The average Bonchev–Trinajstić information content (AvgIpc) is 3.00. The van der Waals surface area contributed by atoms with Crippen molar-refractivity contribution in [1.82, 2.24) is 9.80 Å². The van der Waals surface area contributed by atoms with Crippen molar-refractivity contribution in [3.05, 3.63) is 45.1 Å². The molecule has 10 heteroatoms. The maximum absolute atomic E-state index is 13.2. The molecule has 9 nitrogen and oxygen atoms in total. The lowest BCUT2D eigenvalue weighted by atomic mass is 10.2. The van der Waals surface area contributed by atoms with E-state index >= 15 is 0 Å².